The number of benzene rings is 1. The fourth-order valence-electron chi connectivity index (χ4n) is 2.16. The van der Waals surface area contributed by atoms with Gasteiger partial charge in [0, 0.05) is 27.7 Å². The molecule has 1 aromatic heterocycles. The molecule has 0 aliphatic rings. The maximum Gasteiger partial charge on any atom is 0.0877 e. The summed E-state index contributed by atoms with van der Waals surface area (Å²) in [5.74, 6) is -0.178. The summed E-state index contributed by atoms with van der Waals surface area (Å²) in [7, 11) is 0. The molecule has 0 spiro atoms. The number of pyridine rings is 1. The Balaban J connectivity index is 2.37. The van der Waals surface area contributed by atoms with Gasteiger partial charge in [0.15, 0.2) is 0 Å². The van der Waals surface area contributed by atoms with Crippen molar-refractivity contribution in [1.82, 2.24) is 4.98 Å². The first-order valence-corrected chi connectivity index (χ1v) is 7.00. The SMILES string of the molecule is C=Cc1ncccc1C(O)C(C)c1ccc(Cl)cc1Cl. The van der Waals surface area contributed by atoms with Gasteiger partial charge in [0.1, 0.15) is 0 Å². The highest BCUT2D eigenvalue weighted by molar-refractivity contribution is 6.35. The quantitative estimate of drug-likeness (QED) is 0.874. The molecule has 0 saturated carbocycles. The molecule has 0 fully saturated rings. The van der Waals surface area contributed by atoms with Crippen LogP contribution in [-0.4, -0.2) is 10.1 Å². The van der Waals surface area contributed by atoms with Gasteiger partial charge in [0.05, 0.1) is 11.8 Å². The van der Waals surface area contributed by atoms with Crippen LogP contribution in [0.15, 0.2) is 43.1 Å². The van der Waals surface area contributed by atoms with Crippen molar-refractivity contribution >= 4 is 29.3 Å². The maximum absolute atomic E-state index is 10.6. The molecule has 1 heterocycles. The number of nitrogens with zero attached hydrogens (tertiary/aromatic N) is 1. The second-order valence-electron chi connectivity index (χ2n) is 4.58. The molecule has 0 bridgehead atoms. The average molecular weight is 308 g/mol. The minimum atomic E-state index is -0.713. The minimum Gasteiger partial charge on any atom is -0.388 e. The van der Waals surface area contributed by atoms with E-state index in [1.807, 2.05) is 19.1 Å². The summed E-state index contributed by atoms with van der Waals surface area (Å²) in [5.41, 5.74) is 2.26. The molecule has 104 valence electrons. The Morgan fingerprint density at radius 2 is 2.00 bits per heavy atom. The number of aliphatic hydroxyl groups is 1. The molecule has 4 heteroatoms. The Morgan fingerprint density at radius 1 is 1.25 bits per heavy atom. The number of aromatic nitrogens is 1. The van der Waals surface area contributed by atoms with Crippen LogP contribution in [0.4, 0.5) is 0 Å². The van der Waals surface area contributed by atoms with Crippen molar-refractivity contribution in [2.45, 2.75) is 18.9 Å². The second kappa shape index (κ2) is 6.40. The molecule has 2 atom stereocenters. The third-order valence-electron chi connectivity index (χ3n) is 3.31. The molecular formula is C16H15Cl2NO. The van der Waals surface area contributed by atoms with Crippen molar-refractivity contribution in [3.05, 3.63) is 70.0 Å². The summed E-state index contributed by atoms with van der Waals surface area (Å²) in [6.07, 6.45) is 2.59. The van der Waals surface area contributed by atoms with Gasteiger partial charge in [-0.3, -0.25) is 4.98 Å². The maximum atomic E-state index is 10.6. The molecule has 0 saturated heterocycles. The first kappa shape index (κ1) is 15.0. The number of aliphatic hydroxyl groups excluding tert-OH is 1. The second-order valence-corrected chi connectivity index (χ2v) is 5.42. The Morgan fingerprint density at radius 3 is 2.65 bits per heavy atom. The molecule has 1 aromatic carbocycles. The Kier molecular flexibility index (Phi) is 4.81. The molecular weight excluding hydrogens is 293 g/mol. The van der Waals surface area contributed by atoms with E-state index in [1.165, 1.54) is 0 Å². The summed E-state index contributed by atoms with van der Waals surface area (Å²) >= 11 is 12.1. The normalized spacial score (nSPS) is 13.8. The summed E-state index contributed by atoms with van der Waals surface area (Å²) < 4.78 is 0. The zero-order valence-electron chi connectivity index (χ0n) is 11.1. The Hall–Kier alpha value is -1.35. The Labute approximate surface area is 128 Å². The molecule has 2 nitrogen and oxygen atoms in total. The van der Waals surface area contributed by atoms with Crippen LogP contribution in [0.25, 0.3) is 6.08 Å². The Bertz CT molecular complexity index is 628. The van der Waals surface area contributed by atoms with Crippen LogP contribution in [0.2, 0.25) is 10.0 Å². The fourth-order valence-corrected chi connectivity index (χ4v) is 2.74. The summed E-state index contributed by atoms with van der Waals surface area (Å²) in [6, 6.07) is 8.92. The summed E-state index contributed by atoms with van der Waals surface area (Å²) in [4.78, 5) is 4.20. The van der Waals surface area contributed by atoms with E-state index in [2.05, 4.69) is 11.6 Å². The lowest BCUT2D eigenvalue weighted by Gasteiger charge is -2.22. The van der Waals surface area contributed by atoms with E-state index in [4.69, 9.17) is 23.2 Å². The van der Waals surface area contributed by atoms with Gasteiger partial charge in [-0.05, 0) is 29.8 Å². The van der Waals surface area contributed by atoms with Gasteiger partial charge >= 0.3 is 0 Å². The van der Waals surface area contributed by atoms with Crippen LogP contribution in [0.5, 0.6) is 0 Å². The van der Waals surface area contributed by atoms with Crippen molar-refractivity contribution in [2.75, 3.05) is 0 Å². The highest BCUT2D eigenvalue weighted by Crippen LogP contribution is 2.36. The van der Waals surface area contributed by atoms with Gasteiger partial charge in [0.25, 0.3) is 0 Å². The first-order valence-electron chi connectivity index (χ1n) is 6.25. The zero-order chi connectivity index (χ0) is 14.7. The van der Waals surface area contributed by atoms with Gasteiger partial charge < -0.3 is 5.11 Å². The molecule has 0 radical (unpaired) electrons. The van der Waals surface area contributed by atoms with Crippen molar-refractivity contribution in [2.24, 2.45) is 0 Å². The van der Waals surface area contributed by atoms with Gasteiger partial charge in [-0.1, -0.05) is 48.8 Å². The van der Waals surface area contributed by atoms with Gasteiger partial charge in [-0.2, -0.15) is 0 Å². The van der Waals surface area contributed by atoms with Crippen LogP contribution >= 0.6 is 23.2 Å². The number of hydrogen-bond acceptors (Lipinski definition) is 2. The third-order valence-corrected chi connectivity index (χ3v) is 3.87. The molecule has 0 aliphatic heterocycles. The molecule has 0 amide bonds. The van der Waals surface area contributed by atoms with E-state index >= 15 is 0 Å². The molecule has 2 unspecified atom stereocenters. The van der Waals surface area contributed by atoms with Gasteiger partial charge in [0.2, 0.25) is 0 Å². The summed E-state index contributed by atoms with van der Waals surface area (Å²) in [6.45, 7) is 5.63. The minimum absolute atomic E-state index is 0.178. The largest absolute Gasteiger partial charge is 0.388 e. The average Bonchev–Trinajstić information content (AvgIpc) is 2.45. The van der Waals surface area contributed by atoms with E-state index in [9.17, 15) is 5.11 Å². The lowest BCUT2D eigenvalue weighted by atomic mass is 9.90. The number of halogens is 2. The van der Waals surface area contributed by atoms with Crippen LogP contribution in [0.3, 0.4) is 0 Å². The predicted octanol–water partition coefficient (Wildman–Crippen LogP) is 4.87. The van der Waals surface area contributed by atoms with Gasteiger partial charge in [-0.15, -0.1) is 0 Å². The highest BCUT2D eigenvalue weighted by atomic mass is 35.5. The lowest BCUT2D eigenvalue weighted by Crippen LogP contribution is -2.10. The lowest BCUT2D eigenvalue weighted by molar-refractivity contribution is 0.151. The van der Waals surface area contributed by atoms with E-state index in [0.29, 0.717) is 15.7 Å². The molecule has 2 aromatic rings. The van der Waals surface area contributed by atoms with Crippen molar-refractivity contribution in [3.8, 4) is 0 Å². The standard InChI is InChI=1S/C16H15Cl2NO/c1-3-15-13(5-4-8-19-15)16(20)10(2)12-7-6-11(17)9-14(12)18/h3-10,16,20H,1H2,2H3. The topological polar surface area (TPSA) is 33.1 Å². The van der Waals surface area contributed by atoms with E-state index in [-0.39, 0.29) is 5.92 Å². The summed E-state index contributed by atoms with van der Waals surface area (Å²) in [5, 5.41) is 11.7. The highest BCUT2D eigenvalue weighted by Gasteiger charge is 2.22. The zero-order valence-corrected chi connectivity index (χ0v) is 12.6. The number of rotatable bonds is 4. The molecule has 2 rings (SSSR count). The van der Waals surface area contributed by atoms with E-state index in [0.717, 1.165) is 11.1 Å². The predicted molar refractivity (Wildman–Crippen MR) is 84.2 cm³/mol. The molecule has 1 N–H and O–H groups in total. The first-order chi connectivity index (χ1) is 9.54. The number of hydrogen-bond donors (Lipinski definition) is 1. The third kappa shape index (κ3) is 3.04. The molecule has 0 aliphatic carbocycles. The van der Waals surface area contributed by atoms with Crippen LogP contribution in [0.1, 0.15) is 35.8 Å². The van der Waals surface area contributed by atoms with E-state index in [1.54, 1.807) is 30.5 Å². The monoisotopic (exact) mass is 307 g/mol. The molecule has 20 heavy (non-hydrogen) atoms. The van der Waals surface area contributed by atoms with Crippen LogP contribution in [-0.2, 0) is 0 Å². The van der Waals surface area contributed by atoms with Crippen LogP contribution < -0.4 is 0 Å². The van der Waals surface area contributed by atoms with Crippen molar-refractivity contribution in [3.63, 3.8) is 0 Å². The van der Waals surface area contributed by atoms with Crippen molar-refractivity contribution < 1.29 is 5.11 Å². The van der Waals surface area contributed by atoms with Crippen molar-refractivity contribution in [1.29, 1.82) is 0 Å². The smallest absolute Gasteiger partial charge is 0.0877 e. The van der Waals surface area contributed by atoms with Gasteiger partial charge in [-0.25, -0.2) is 0 Å². The fraction of sp³-hybridized carbons (Fsp3) is 0.188. The van der Waals surface area contributed by atoms with E-state index < -0.39 is 6.10 Å². The van der Waals surface area contributed by atoms with Crippen LogP contribution in [0, 0.1) is 0 Å².